The van der Waals surface area contributed by atoms with Crippen molar-refractivity contribution in [2.75, 3.05) is 13.1 Å². The number of allylic oxidation sites excluding steroid dienone is 1. The van der Waals surface area contributed by atoms with Gasteiger partial charge >= 0.3 is 6.09 Å². The summed E-state index contributed by atoms with van der Waals surface area (Å²) in [5.74, 6) is 0.632. The third-order valence-corrected chi connectivity index (χ3v) is 7.54. The van der Waals surface area contributed by atoms with Crippen LogP contribution >= 0.6 is 11.6 Å². The predicted octanol–water partition coefficient (Wildman–Crippen LogP) is 7.75. The van der Waals surface area contributed by atoms with E-state index in [4.69, 9.17) is 26.1 Å². The quantitative estimate of drug-likeness (QED) is 0.325. The average molecular weight is 542 g/mol. The summed E-state index contributed by atoms with van der Waals surface area (Å²) in [4.78, 5) is 22.6. The maximum Gasteiger partial charge on any atom is 0.412 e. The number of carbonyl (C=O) groups is 1. The van der Waals surface area contributed by atoms with Crippen molar-refractivity contribution in [2.24, 2.45) is 0 Å². The maximum atomic E-state index is 13.6. The second-order valence-electron chi connectivity index (χ2n) is 11.2. The molecule has 1 saturated heterocycles. The summed E-state index contributed by atoms with van der Waals surface area (Å²) in [6.45, 7) is 18.3. The van der Waals surface area contributed by atoms with E-state index in [9.17, 15) is 4.79 Å². The van der Waals surface area contributed by atoms with Crippen LogP contribution in [-0.4, -0.2) is 45.2 Å². The number of likely N-dealkylation sites (tertiary alicyclic amines) is 1. The van der Waals surface area contributed by atoms with E-state index in [0.717, 1.165) is 52.4 Å². The maximum absolute atomic E-state index is 13.6. The number of amides is 1. The number of carbonyl (C=O) groups excluding carboxylic acids is 1. The van der Waals surface area contributed by atoms with Gasteiger partial charge in [-0.05, 0) is 83.6 Å². The van der Waals surface area contributed by atoms with E-state index in [-0.39, 0.29) is 6.09 Å². The Bertz CT molecular complexity index is 1140. The Morgan fingerprint density at radius 2 is 1.87 bits per heavy atom. The van der Waals surface area contributed by atoms with Gasteiger partial charge in [0, 0.05) is 35.9 Å². The standard InChI is InChI=1S/C31H44ClN3O3/c1-9-17-35(29(36)38-30(5,6)7)31(8)26(27(32)10-2)16-18-34(31)20-25-22(3)19-23(4)33-28(25)37-21-24-14-12-11-13-15-24/h11-15,19H,9-10,16-18,20-21H2,1-8H3/b27-26+. The van der Waals surface area contributed by atoms with Crippen LogP contribution in [0.4, 0.5) is 4.79 Å². The highest BCUT2D eigenvalue weighted by atomic mass is 35.5. The van der Waals surface area contributed by atoms with Gasteiger partial charge in [-0.1, -0.05) is 55.8 Å². The first-order valence-electron chi connectivity index (χ1n) is 13.7. The highest BCUT2D eigenvalue weighted by Crippen LogP contribution is 2.43. The van der Waals surface area contributed by atoms with Gasteiger partial charge in [0.25, 0.3) is 0 Å². The summed E-state index contributed by atoms with van der Waals surface area (Å²) in [6, 6.07) is 12.2. The average Bonchev–Trinajstić information content (AvgIpc) is 3.18. The number of rotatable bonds is 9. The molecule has 38 heavy (non-hydrogen) atoms. The number of benzene rings is 1. The van der Waals surface area contributed by atoms with Crippen molar-refractivity contribution >= 4 is 17.7 Å². The molecule has 0 N–H and O–H groups in total. The Balaban J connectivity index is 2.03. The van der Waals surface area contributed by atoms with Crippen LogP contribution in [0.1, 0.15) is 83.2 Å². The Hall–Kier alpha value is -2.57. The van der Waals surface area contributed by atoms with Gasteiger partial charge in [-0.15, -0.1) is 0 Å². The van der Waals surface area contributed by atoms with Crippen molar-refractivity contribution in [3.8, 4) is 5.88 Å². The van der Waals surface area contributed by atoms with Gasteiger partial charge in [0.05, 0.1) is 0 Å². The van der Waals surface area contributed by atoms with Crippen molar-refractivity contribution in [1.29, 1.82) is 0 Å². The van der Waals surface area contributed by atoms with Crippen LogP contribution in [0.3, 0.4) is 0 Å². The van der Waals surface area contributed by atoms with Gasteiger partial charge in [-0.3, -0.25) is 9.80 Å². The summed E-state index contributed by atoms with van der Waals surface area (Å²) in [6.07, 6.45) is 1.97. The molecule has 2 aromatic rings. The van der Waals surface area contributed by atoms with E-state index in [1.54, 1.807) is 0 Å². The number of hydrogen-bond donors (Lipinski definition) is 0. The Labute approximate surface area is 234 Å². The molecular formula is C31H44ClN3O3. The molecule has 208 valence electrons. The van der Waals surface area contributed by atoms with Gasteiger partial charge < -0.3 is 9.47 Å². The summed E-state index contributed by atoms with van der Waals surface area (Å²) in [5.41, 5.74) is 3.87. The summed E-state index contributed by atoms with van der Waals surface area (Å²) in [7, 11) is 0. The number of halogens is 1. The summed E-state index contributed by atoms with van der Waals surface area (Å²) < 4.78 is 12.2. The fourth-order valence-corrected chi connectivity index (χ4v) is 5.42. The zero-order valence-corrected chi connectivity index (χ0v) is 25.1. The molecule has 2 heterocycles. The predicted molar refractivity (Wildman–Crippen MR) is 154 cm³/mol. The van der Waals surface area contributed by atoms with E-state index in [1.807, 2.05) is 62.9 Å². The third kappa shape index (κ3) is 6.89. The highest BCUT2D eigenvalue weighted by Gasteiger charge is 2.49. The van der Waals surface area contributed by atoms with Crippen molar-refractivity contribution in [3.63, 3.8) is 0 Å². The normalized spacial score (nSPS) is 19.4. The van der Waals surface area contributed by atoms with Crippen molar-refractivity contribution in [3.05, 3.63) is 69.4 Å². The molecule has 1 aromatic carbocycles. The molecule has 0 aliphatic carbocycles. The number of hydrogen-bond acceptors (Lipinski definition) is 5. The Morgan fingerprint density at radius 3 is 2.47 bits per heavy atom. The van der Waals surface area contributed by atoms with Crippen LogP contribution in [-0.2, 0) is 17.9 Å². The van der Waals surface area contributed by atoms with E-state index in [1.165, 1.54) is 0 Å². The number of aryl methyl sites for hydroxylation is 2. The Morgan fingerprint density at radius 1 is 1.18 bits per heavy atom. The molecule has 0 bridgehead atoms. The van der Waals surface area contributed by atoms with E-state index in [0.29, 0.717) is 32.0 Å². The smallest absolute Gasteiger partial charge is 0.412 e. The Kier molecular flexibility index (Phi) is 9.88. The van der Waals surface area contributed by atoms with Crippen LogP contribution in [0, 0.1) is 13.8 Å². The van der Waals surface area contributed by atoms with Crippen LogP contribution < -0.4 is 4.74 Å². The van der Waals surface area contributed by atoms with Gasteiger partial charge in [-0.2, -0.15) is 0 Å². The zero-order valence-electron chi connectivity index (χ0n) is 24.4. The highest BCUT2D eigenvalue weighted by molar-refractivity contribution is 6.30. The summed E-state index contributed by atoms with van der Waals surface area (Å²) in [5, 5.41) is 0.805. The molecule has 7 heteroatoms. The van der Waals surface area contributed by atoms with E-state index < -0.39 is 11.3 Å². The fraction of sp³-hybridized carbons (Fsp3) is 0.548. The topological polar surface area (TPSA) is 54.9 Å². The molecule has 1 atom stereocenters. The molecule has 1 aliphatic heterocycles. The number of aromatic nitrogens is 1. The first-order chi connectivity index (χ1) is 17.9. The molecule has 1 unspecified atom stereocenters. The molecule has 0 saturated carbocycles. The van der Waals surface area contributed by atoms with Crippen LogP contribution in [0.5, 0.6) is 5.88 Å². The molecule has 1 fully saturated rings. The SMILES string of the molecule is CCCN(C(=O)OC(C)(C)C)C1(C)/C(=C(/Cl)CC)CCN1Cc1c(C)cc(C)nc1OCc1ccccc1. The monoisotopic (exact) mass is 541 g/mol. The van der Waals surface area contributed by atoms with Crippen LogP contribution in [0.2, 0.25) is 0 Å². The lowest BCUT2D eigenvalue weighted by molar-refractivity contribution is -0.0319. The fourth-order valence-electron chi connectivity index (χ4n) is 5.15. The minimum Gasteiger partial charge on any atom is -0.473 e. The van der Waals surface area contributed by atoms with Crippen LogP contribution in [0.25, 0.3) is 0 Å². The molecule has 1 amide bonds. The zero-order chi connectivity index (χ0) is 28.1. The molecular weight excluding hydrogens is 498 g/mol. The first kappa shape index (κ1) is 30.0. The minimum absolute atomic E-state index is 0.328. The van der Waals surface area contributed by atoms with Gasteiger partial charge in [0.2, 0.25) is 5.88 Å². The van der Waals surface area contributed by atoms with Crippen molar-refractivity contribution in [2.45, 2.75) is 99.1 Å². The summed E-state index contributed by atoms with van der Waals surface area (Å²) >= 11 is 6.84. The van der Waals surface area contributed by atoms with Crippen molar-refractivity contribution < 1.29 is 14.3 Å². The van der Waals surface area contributed by atoms with Gasteiger partial charge in [-0.25, -0.2) is 9.78 Å². The second kappa shape index (κ2) is 12.5. The lowest BCUT2D eigenvalue weighted by Gasteiger charge is -2.46. The van der Waals surface area contributed by atoms with Gasteiger partial charge in [0.1, 0.15) is 17.9 Å². The van der Waals surface area contributed by atoms with Crippen molar-refractivity contribution in [1.82, 2.24) is 14.8 Å². The molecule has 1 aliphatic rings. The molecule has 0 spiro atoms. The lowest BCUT2D eigenvalue weighted by atomic mass is 9.97. The largest absolute Gasteiger partial charge is 0.473 e. The molecule has 1 aromatic heterocycles. The molecule has 6 nitrogen and oxygen atoms in total. The van der Waals surface area contributed by atoms with Gasteiger partial charge in [0.15, 0.2) is 0 Å². The second-order valence-corrected chi connectivity index (χ2v) is 11.7. The lowest BCUT2D eigenvalue weighted by Crippen LogP contribution is -2.59. The number of ether oxygens (including phenoxy) is 2. The van der Waals surface area contributed by atoms with Crippen LogP contribution in [0.15, 0.2) is 47.0 Å². The third-order valence-electron chi connectivity index (χ3n) is 7.05. The minimum atomic E-state index is -0.737. The number of nitrogens with zero attached hydrogens (tertiary/aromatic N) is 3. The number of pyridine rings is 1. The van der Waals surface area contributed by atoms with E-state index in [2.05, 4.69) is 38.7 Å². The molecule has 0 radical (unpaired) electrons. The van der Waals surface area contributed by atoms with E-state index >= 15 is 0 Å². The first-order valence-corrected chi connectivity index (χ1v) is 14.1. The molecule has 3 rings (SSSR count).